The van der Waals surface area contributed by atoms with Gasteiger partial charge in [0.2, 0.25) is 0 Å². The fourth-order valence-electron chi connectivity index (χ4n) is 2.49. The van der Waals surface area contributed by atoms with Crippen molar-refractivity contribution in [2.45, 2.75) is 18.4 Å². The molecular weight excluding hydrogens is 398 g/mol. The highest BCUT2D eigenvalue weighted by Crippen LogP contribution is 2.19. The molecule has 0 saturated heterocycles. The molecule has 0 aliphatic heterocycles. The SMILES string of the molecule is Cc1ccc(CN=C([O-])c2ccc(NS(=O)(=O)c3ccc(F)c(F)c3)cc2)cc1. The quantitative estimate of drug-likeness (QED) is 0.495. The fourth-order valence-corrected chi connectivity index (χ4v) is 3.56. The Bertz CT molecular complexity index is 1140. The highest BCUT2D eigenvalue weighted by molar-refractivity contribution is 7.92. The predicted molar refractivity (Wildman–Crippen MR) is 105 cm³/mol. The molecule has 0 aliphatic rings. The van der Waals surface area contributed by atoms with Gasteiger partial charge in [-0.05, 0) is 54.3 Å². The first-order valence-electron chi connectivity index (χ1n) is 8.60. The van der Waals surface area contributed by atoms with Crippen molar-refractivity contribution in [3.8, 4) is 0 Å². The molecule has 0 bridgehead atoms. The van der Waals surface area contributed by atoms with Crippen LogP contribution in [0, 0.1) is 18.6 Å². The lowest BCUT2D eigenvalue weighted by Crippen LogP contribution is -2.19. The van der Waals surface area contributed by atoms with Gasteiger partial charge >= 0.3 is 0 Å². The largest absolute Gasteiger partial charge is 0.858 e. The van der Waals surface area contributed by atoms with Crippen LogP contribution in [0.5, 0.6) is 0 Å². The van der Waals surface area contributed by atoms with E-state index in [0.29, 0.717) is 11.6 Å². The van der Waals surface area contributed by atoms with Gasteiger partial charge in [-0.2, -0.15) is 0 Å². The summed E-state index contributed by atoms with van der Waals surface area (Å²) in [5.74, 6) is -2.83. The first-order valence-corrected chi connectivity index (χ1v) is 10.1. The van der Waals surface area contributed by atoms with Gasteiger partial charge < -0.3 is 5.11 Å². The summed E-state index contributed by atoms with van der Waals surface area (Å²) in [6.45, 7) is 2.21. The van der Waals surface area contributed by atoms with Crippen molar-refractivity contribution in [1.29, 1.82) is 0 Å². The van der Waals surface area contributed by atoms with Crippen LogP contribution in [0.3, 0.4) is 0 Å². The van der Waals surface area contributed by atoms with E-state index in [1.807, 2.05) is 31.2 Å². The van der Waals surface area contributed by atoms with E-state index in [9.17, 15) is 22.3 Å². The van der Waals surface area contributed by atoms with Gasteiger partial charge in [-0.3, -0.25) is 9.71 Å². The molecule has 0 aliphatic carbocycles. The molecule has 3 rings (SSSR count). The third-order valence-electron chi connectivity index (χ3n) is 4.11. The highest BCUT2D eigenvalue weighted by atomic mass is 32.2. The van der Waals surface area contributed by atoms with Crippen LogP contribution in [0.4, 0.5) is 14.5 Å². The van der Waals surface area contributed by atoms with Crippen LogP contribution in [-0.4, -0.2) is 14.3 Å². The number of sulfonamides is 1. The van der Waals surface area contributed by atoms with Crippen LogP contribution in [-0.2, 0) is 16.6 Å². The van der Waals surface area contributed by atoms with Crippen molar-refractivity contribution in [1.82, 2.24) is 0 Å². The zero-order valence-corrected chi connectivity index (χ0v) is 16.2. The lowest BCUT2D eigenvalue weighted by Gasteiger charge is -2.13. The van der Waals surface area contributed by atoms with Crippen LogP contribution in [0.2, 0.25) is 0 Å². The van der Waals surface area contributed by atoms with Crippen LogP contribution in [0.15, 0.2) is 76.6 Å². The number of benzene rings is 3. The molecule has 0 aromatic heterocycles. The van der Waals surface area contributed by atoms with E-state index in [-0.39, 0.29) is 12.2 Å². The Labute approximate surface area is 167 Å². The summed E-state index contributed by atoms with van der Waals surface area (Å²) >= 11 is 0. The maximum absolute atomic E-state index is 13.3. The Kier molecular flexibility index (Phi) is 5.93. The van der Waals surface area contributed by atoms with E-state index < -0.39 is 32.5 Å². The number of nitrogens with zero attached hydrogens (tertiary/aromatic N) is 1. The van der Waals surface area contributed by atoms with Gasteiger partial charge in [0.1, 0.15) is 0 Å². The summed E-state index contributed by atoms with van der Waals surface area (Å²) in [7, 11) is -4.10. The second-order valence-electron chi connectivity index (χ2n) is 6.37. The van der Waals surface area contributed by atoms with Crippen molar-refractivity contribution < 1.29 is 22.3 Å². The van der Waals surface area contributed by atoms with E-state index >= 15 is 0 Å². The molecule has 3 aromatic rings. The fraction of sp³-hybridized carbons (Fsp3) is 0.0952. The normalized spacial score (nSPS) is 12.0. The average Bonchev–Trinajstić information content (AvgIpc) is 2.69. The standard InChI is InChI=1S/C21H18F2N2O3S/c1-14-2-4-15(5-3-14)13-24-21(26)16-6-8-17(9-7-16)25-29(27,28)18-10-11-19(22)20(23)12-18/h2-12,25H,13H2,1H3,(H,24,26)/p-1. The zero-order chi connectivity index (χ0) is 21.0. The molecule has 0 saturated carbocycles. The summed E-state index contributed by atoms with van der Waals surface area (Å²) in [6.07, 6.45) is 0. The third kappa shape index (κ3) is 5.17. The molecule has 0 radical (unpaired) electrons. The number of aliphatic imine (C=N–C) groups is 1. The predicted octanol–water partition coefficient (Wildman–Crippen LogP) is 3.38. The van der Waals surface area contributed by atoms with E-state index in [1.54, 1.807) is 0 Å². The lowest BCUT2D eigenvalue weighted by molar-refractivity contribution is -0.213. The second-order valence-corrected chi connectivity index (χ2v) is 8.05. The summed E-state index contributed by atoms with van der Waals surface area (Å²) in [6, 6.07) is 15.6. The van der Waals surface area contributed by atoms with Crippen LogP contribution in [0.1, 0.15) is 16.7 Å². The molecule has 0 amide bonds. The lowest BCUT2D eigenvalue weighted by atomic mass is 10.1. The summed E-state index contributed by atoms with van der Waals surface area (Å²) < 4.78 is 53.1. The van der Waals surface area contributed by atoms with Gasteiger partial charge in [0, 0.05) is 5.69 Å². The molecule has 0 spiro atoms. The number of rotatable bonds is 6. The zero-order valence-electron chi connectivity index (χ0n) is 15.4. The number of aryl methyl sites for hydroxylation is 1. The minimum absolute atomic E-state index is 0.171. The van der Waals surface area contributed by atoms with Crippen LogP contribution >= 0.6 is 0 Å². The van der Waals surface area contributed by atoms with Crippen molar-refractivity contribution in [2.24, 2.45) is 4.99 Å². The molecule has 0 heterocycles. The van der Waals surface area contributed by atoms with E-state index in [4.69, 9.17) is 0 Å². The molecule has 5 nitrogen and oxygen atoms in total. The molecule has 0 atom stereocenters. The Hall–Kier alpha value is -3.26. The van der Waals surface area contributed by atoms with Crippen molar-refractivity contribution in [3.63, 3.8) is 0 Å². The van der Waals surface area contributed by atoms with Crippen LogP contribution in [0.25, 0.3) is 0 Å². The Balaban J connectivity index is 1.71. The first-order chi connectivity index (χ1) is 13.7. The van der Waals surface area contributed by atoms with Crippen molar-refractivity contribution >= 4 is 21.6 Å². The highest BCUT2D eigenvalue weighted by Gasteiger charge is 2.16. The smallest absolute Gasteiger partial charge is 0.261 e. The van der Waals surface area contributed by atoms with Gasteiger partial charge in [-0.15, -0.1) is 0 Å². The Morgan fingerprint density at radius 2 is 1.62 bits per heavy atom. The Morgan fingerprint density at radius 1 is 0.966 bits per heavy atom. The van der Waals surface area contributed by atoms with Crippen LogP contribution < -0.4 is 9.83 Å². The van der Waals surface area contributed by atoms with Gasteiger partial charge in [-0.1, -0.05) is 42.0 Å². The van der Waals surface area contributed by atoms with Crippen molar-refractivity contribution in [3.05, 3.63) is 95.1 Å². The summed E-state index contributed by atoms with van der Waals surface area (Å²) in [5, 5.41) is 12.2. The topological polar surface area (TPSA) is 81.6 Å². The number of hydrogen-bond acceptors (Lipinski definition) is 4. The van der Waals surface area contributed by atoms with E-state index in [0.717, 1.165) is 23.3 Å². The summed E-state index contributed by atoms with van der Waals surface area (Å²) in [5.41, 5.74) is 2.49. The Morgan fingerprint density at radius 3 is 2.24 bits per heavy atom. The molecule has 29 heavy (non-hydrogen) atoms. The summed E-state index contributed by atoms with van der Waals surface area (Å²) in [4.78, 5) is 3.60. The number of nitrogens with one attached hydrogen (secondary N) is 1. The van der Waals surface area contributed by atoms with E-state index in [1.165, 1.54) is 24.3 Å². The van der Waals surface area contributed by atoms with Gasteiger partial charge in [0.05, 0.1) is 11.4 Å². The second kappa shape index (κ2) is 8.40. The molecule has 1 N–H and O–H groups in total. The van der Waals surface area contributed by atoms with Gasteiger partial charge in [-0.25, -0.2) is 17.2 Å². The number of anilines is 1. The van der Waals surface area contributed by atoms with Gasteiger partial charge in [0.25, 0.3) is 10.0 Å². The number of hydrogen-bond donors (Lipinski definition) is 1. The molecular formula is C21H17F2N2O3S-. The first kappa shape index (κ1) is 20.5. The van der Waals surface area contributed by atoms with E-state index in [2.05, 4.69) is 9.71 Å². The molecule has 3 aromatic carbocycles. The molecule has 150 valence electrons. The third-order valence-corrected chi connectivity index (χ3v) is 5.49. The van der Waals surface area contributed by atoms with Crippen molar-refractivity contribution in [2.75, 3.05) is 4.72 Å². The minimum Gasteiger partial charge on any atom is -0.858 e. The monoisotopic (exact) mass is 415 g/mol. The molecule has 8 heteroatoms. The minimum atomic E-state index is -4.10. The maximum atomic E-state index is 13.3. The average molecular weight is 415 g/mol. The molecule has 0 unspecified atom stereocenters. The number of halogens is 2. The molecule has 0 fully saturated rings. The maximum Gasteiger partial charge on any atom is 0.261 e. The van der Waals surface area contributed by atoms with Gasteiger partial charge in [0.15, 0.2) is 11.6 Å².